The molecule has 0 saturated carbocycles. The number of carbonyl (C=O) groups is 1. The van der Waals surface area contributed by atoms with E-state index in [1.54, 1.807) is 18.7 Å². The predicted molar refractivity (Wildman–Crippen MR) is 82.4 cm³/mol. The third-order valence-electron chi connectivity index (χ3n) is 3.16. The van der Waals surface area contributed by atoms with Crippen molar-refractivity contribution in [3.05, 3.63) is 28.8 Å². The molecular weight excluding hydrogens is 296 g/mol. The van der Waals surface area contributed by atoms with Crippen LogP contribution in [0.4, 0.5) is 4.79 Å². The van der Waals surface area contributed by atoms with Gasteiger partial charge in [-0.25, -0.2) is 4.79 Å². The van der Waals surface area contributed by atoms with Crippen LogP contribution in [0, 0.1) is 0 Å². The molecule has 0 saturated heterocycles. The second-order valence-corrected chi connectivity index (χ2v) is 6.48. The molecular formula is C14H19ClN2O2S. The van der Waals surface area contributed by atoms with Crippen molar-refractivity contribution < 1.29 is 9.90 Å². The molecule has 1 heterocycles. The molecule has 0 spiro atoms. The Hall–Kier alpha value is -0.910. The van der Waals surface area contributed by atoms with Gasteiger partial charge in [-0.2, -0.15) is 0 Å². The Morgan fingerprint density at radius 3 is 3.15 bits per heavy atom. The first-order valence-electron chi connectivity index (χ1n) is 6.71. The average Bonchev–Trinajstić information content (AvgIpc) is 2.39. The molecule has 4 nitrogen and oxygen atoms in total. The Morgan fingerprint density at radius 2 is 2.40 bits per heavy atom. The van der Waals surface area contributed by atoms with Gasteiger partial charge in [0, 0.05) is 22.2 Å². The second-order valence-electron chi connectivity index (χ2n) is 4.91. The van der Waals surface area contributed by atoms with Crippen molar-refractivity contribution in [1.82, 2.24) is 10.6 Å². The van der Waals surface area contributed by atoms with Crippen LogP contribution in [0.5, 0.6) is 0 Å². The Balaban J connectivity index is 1.94. The summed E-state index contributed by atoms with van der Waals surface area (Å²) in [7, 11) is 0. The average molecular weight is 315 g/mol. The molecule has 20 heavy (non-hydrogen) atoms. The summed E-state index contributed by atoms with van der Waals surface area (Å²) < 4.78 is 0. The summed E-state index contributed by atoms with van der Waals surface area (Å²) in [5, 5.41) is 15.6. The van der Waals surface area contributed by atoms with E-state index in [0.717, 1.165) is 17.7 Å². The molecule has 6 heteroatoms. The zero-order valence-electron chi connectivity index (χ0n) is 11.4. The number of thioether (sulfide) groups is 1. The van der Waals surface area contributed by atoms with Crippen LogP contribution in [0.15, 0.2) is 23.1 Å². The highest BCUT2D eigenvalue weighted by Gasteiger charge is 2.22. The fourth-order valence-electron chi connectivity index (χ4n) is 2.12. The molecule has 0 aliphatic carbocycles. The van der Waals surface area contributed by atoms with Crippen molar-refractivity contribution >= 4 is 29.4 Å². The Labute approximate surface area is 128 Å². The second kappa shape index (κ2) is 7.20. The standard InChI is InChI=1S/C14H19ClN2O2S/c1-9(18)4-6-16-14(19)17-12-5-7-20-13-3-2-10(15)8-11(12)13/h2-3,8-9,12,18H,4-7H2,1H3,(H2,16,17,19). The van der Waals surface area contributed by atoms with Gasteiger partial charge in [-0.1, -0.05) is 11.6 Å². The van der Waals surface area contributed by atoms with Gasteiger partial charge in [-0.3, -0.25) is 0 Å². The van der Waals surface area contributed by atoms with Crippen LogP contribution < -0.4 is 10.6 Å². The molecule has 2 atom stereocenters. The number of hydrogen-bond donors (Lipinski definition) is 3. The fourth-order valence-corrected chi connectivity index (χ4v) is 3.41. The molecule has 0 aromatic heterocycles. The van der Waals surface area contributed by atoms with E-state index in [9.17, 15) is 4.79 Å². The summed E-state index contributed by atoms with van der Waals surface area (Å²) >= 11 is 7.82. The number of nitrogens with one attached hydrogen (secondary N) is 2. The molecule has 2 rings (SSSR count). The SMILES string of the molecule is CC(O)CCNC(=O)NC1CCSc2ccc(Cl)cc21. The summed E-state index contributed by atoms with van der Waals surface area (Å²) in [5.74, 6) is 0.979. The minimum Gasteiger partial charge on any atom is -0.393 e. The van der Waals surface area contributed by atoms with E-state index in [1.807, 2.05) is 18.2 Å². The first-order valence-corrected chi connectivity index (χ1v) is 8.07. The maximum absolute atomic E-state index is 11.8. The maximum atomic E-state index is 11.8. The topological polar surface area (TPSA) is 61.4 Å². The van der Waals surface area contributed by atoms with Crippen LogP contribution in [-0.2, 0) is 0 Å². The van der Waals surface area contributed by atoms with Crippen LogP contribution in [0.3, 0.4) is 0 Å². The molecule has 2 unspecified atom stereocenters. The Bertz CT molecular complexity index is 482. The lowest BCUT2D eigenvalue weighted by molar-refractivity contribution is 0.183. The molecule has 0 bridgehead atoms. The van der Waals surface area contributed by atoms with Gasteiger partial charge in [-0.15, -0.1) is 11.8 Å². The molecule has 1 aliphatic heterocycles. The fraction of sp³-hybridized carbons (Fsp3) is 0.500. The van der Waals surface area contributed by atoms with Gasteiger partial charge in [0.15, 0.2) is 0 Å². The largest absolute Gasteiger partial charge is 0.393 e. The Morgan fingerprint density at radius 1 is 1.60 bits per heavy atom. The number of hydrogen-bond acceptors (Lipinski definition) is 3. The minimum absolute atomic E-state index is 0.00324. The van der Waals surface area contributed by atoms with E-state index in [1.165, 1.54) is 4.90 Å². The zero-order valence-corrected chi connectivity index (χ0v) is 12.9. The smallest absolute Gasteiger partial charge is 0.315 e. The van der Waals surface area contributed by atoms with E-state index in [2.05, 4.69) is 10.6 Å². The van der Waals surface area contributed by atoms with Crippen molar-refractivity contribution in [2.75, 3.05) is 12.3 Å². The predicted octanol–water partition coefficient (Wildman–Crippen LogP) is 2.95. The zero-order chi connectivity index (χ0) is 14.5. The van der Waals surface area contributed by atoms with Gasteiger partial charge in [0.25, 0.3) is 0 Å². The van der Waals surface area contributed by atoms with E-state index < -0.39 is 6.10 Å². The third kappa shape index (κ3) is 4.30. The highest BCUT2D eigenvalue weighted by Crippen LogP contribution is 2.37. The summed E-state index contributed by atoms with van der Waals surface area (Å²) in [6.07, 6.45) is 1.04. The number of rotatable bonds is 4. The van der Waals surface area contributed by atoms with E-state index >= 15 is 0 Å². The van der Waals surface area contributed by atoms with E-state index in [4.69, 9.17) is 16.7 Å². The number of aliphatic hydroxyl groups excluding tert-OH is 1. The lowest BCUT2D eigenvalue weighted by Crippen LogP contribution is -2.39. The highest BCUT2D eigenvalue weighted by atomic mass is 35.5. The first-order chi connectivity index (χ1) is 9.56. The van der Waals surface area contributed by atoms with Crippen molar-refractivity contribution in [2.45, 2.75) is 36.8 Å². The monoisotopic (exact) mass is 314 g/mol. The van der Waals surface area contributed by atoms with Crippen molar-refractivity contribution in [3.63, 3.8) is 0 Å². The van der Waals surface area contributed by atoms with Crippen LogP contribution in [0.1, 0.15) is 31.4 Å². The number of aliphatic hydroxyl groups is 1. The van der Waals surface area contributed by atoms with Gasteiger partial charge in [-0.05, 0) is 43.5 Å². The minimum atomic E-state index is -0.402. The van der Waals surface area contributed by atoms with E-state index in [0.29, 0.717) is 18.0 Å². The third-order valence-corrected chi connectivity index (χ3v) is 4.52. The van der Waals surface area contributed by atoms with Gasteiger partial charge < -0.3 is 15.7 Å². The van der Waals surface area contributed by atoms with Gasteiger partial charge >= 0.3 is 6.03 Å². The summed E-state index contributed by atoms with van der Waals surface area (Å²) in [6.45, 7) is 2.17. The quantitative estimate of drug-likeness (QED) is 0.800. The lowest BCUT2D eigenvalue weighted by atomic mass is 10.0. The van der Waals surface area contributed by atoms with Crippen LogP contribution in [-0.4, -0.2) is 29.5 Å². The van der Waals surface area contributed by atoms with Crippen LogP contribution in [0.2, 0.25) is 5.02 Å². The van der Waals surface area contributed by atoms with Gasteiger partial charge in [0.05, 0.1) is 12.1 Å². The molecule has 110 valence electrons. The summed E-state index contributed by atoms with van der Waals surface area (Å²) in [6, 6.07) is 5.59. The summed E-state index contributed by atoms with van der Waals surface area (Å²) in [5.41, 5.74) is 1.08. The van der Waals surface area contributed by atoms with Crippen molar-refractivity contribution in [3.8, 4) is 0 Å². The number of fused-ring (bicyclic) bond motifs is 1. The first kappa shape index (κ1) is 15.5. The summed E-state index contributed by atoms with van der Waals surface area (Å²) in [4.78, 5) is 13.0. The van der Waals surface area contributed by atoms with Gasteiger partial charge in [0.2, 0.25) is 0 Å². The van der Waals surface area contributed by atoms with Gasteiger partial charge in [0.1, 0.15) is 0 Å². The van der Waals surface area contributed by atoms with Crippen molar-refractivity contribution in [2.24, 2.45) is 0 Å². The van der Waals surface area contributed by atoms with Crippen molar-refractivity contribution in [1.29, 1.82) is 0 Å². The molecule has 1 aromatic carbocycles. The Kier molecular flexibility index (Phi) is 5.57. The number of amides is 2. The number of urea groups is 1. The molecule has 3 N–H and O–H groups in total. The normalized spacial score (nSPS) is 19.1. The van der Waals surface area contributed by atoms with Crippen LogP contribution in [0.25, 0.3) is 0 Å². The molecule has 2 amide bonds. The molecule has 0 fully saturated rings. The number of carbonyl (C=O) groups excluding carboxylic acids is 1. The number of halogens is 1. The van der Waals surface area contributed by atoms with Crippen LogP contribution >= 0.6 is 23.4 Å². The molecule has 1 aliphatic rings. The highest BCUT2D eigenvalue weighted by molar-refractivity contribution is 7.99. The molecule has 0 radical (unpaired) electrons. The van der Waals surface area contributed by atoms with E-state index in [-0.39, 0.29) is 12.1 Å². The lowest BCUT2D eigenvalue weighted by Gasteiger charge is -2.26. The number of benzene rings is 1. The molecule has 1 aromatic rings. The maximum Gasteiger partial charge on any atom is 0.315 e.